The number of nitrogens with zero attached hydrogens (tertiary/aromatic N) is 1. The van der Waals surface area contributed by atoms with E-state index in [1.807, 2.05) is 24.3 Å². The van der Waals surface area contributed by atoms with Crippen LogP contribution in [0.5, 0.6) is 0 Å². The first-order chi connectivity index (χ1) is 16.4. The van der Waals surface area contributed by atoms with E-state index in [1.165, 1.54) is 0 Å². The first-order valence-corrected chi connectivity index (χ1v) is 15.3. The average Bonchev–Trinajstić information content (AvgIpc) is 2.87. The van der Waals surface area contributed by atoms with Crippen molar-refractivity contribution in [2.75, 3.05) is 13.2 Å². The maximum absolute atomic E-state index is 5.76. The van der Waals surface area contributed by atoms with Gasteiger partial charge in [0.1, 0.15) is 13.8 Å². The number of allylic oxidation sites excluding steroid dienone is 1. The fourth-order valence-corrected chi connectivity index (χ4v) is 4.12. The molecule has 4 heteroatoms. The number of hydrogen-bond acceptors (Lipinski definition) is 3. The summed E-state index contributed by atoms with van der Waals surface area (Å²) < 4.78 is 11.5. The van der Waals surface area contributed by atoms with Crippen molar-refractivity contribution in [1.82, 2.24) is 4.98 Å². The molecular weight excluding hydrogens is 434 g/mol. The summed E-state index contributed by atoms with van der Waals surface area (Å²) in [5, 5.41) is 0. The van der Waals surface area contributed by atoms with Crippen molar-refractivity contribution in [3.63, 3.8) is 0 Å². The van der Waals surface area contributed by atoms with Gasteiger partial charge >= 0.3 is 0 Å². The summed E-state index contributed by atoms with van der Waals surface area (Å²) in [6, 6.07) is 24.7. The van der Waals surface area contributed by atoms with Gasteiger partial charge in [-0.05, 0) is 36.6 Å². The fraction of sp³-hybridized carbons (Fsp3) is 0.267. The van der Waals surface area contributed by atoms with E-state index in [0.717, 1.165) is 58.9 Å². The minimum Gasteiger partial charge on any atom is -0.348 e. The van der Waals surface area contributed by atoms with Gasteiger partial charge < -0.3 is 9.47 Å². The second-order valence-electron chi connectivity index (χ2n) is 9.45. The van der Waals surface area contributed by atoms with Gasteiger partial charge in [-0.25, -0.2) is 4.98 Å². The number of benzene rings is 2. The predicted octanol–water partition coefficient (Wildman–Crippen LogP) is 6.88. The zero-order valence-corrected chi connectivity index (χ0v) is 21.4. The standard InChI is InChI=1S/C30H31NO2Si/c1-23(29-13-8-12-27(31-29)18-21-34(2,3)4)22-28(24-10-6-5-7-11-24)25-14-16-26(17-15-25)30-32-19-9-20-33-30/h5-8,10-17,30H,9,19-20H2,1-4H3. The van der Waals surface area contributed by atoms with Gasteiger partial charge in [0.05, 0.1) is 18.9 Å². The van der Waals surface area contributed by atoms with Crippen LogP contribution in [0, 0.1) is 11.5 Å². The van der Waals surface area contributed by atoms with Crippen LogP contribution in [0.3, 0.4) is 0 Å². The average molecular weight is 466 g/mol. The zero-order chi connectivity index (χ0) is 24.0. The van der Waals surface area contributed by atoms with Gasteiger partial charge in [0, 0.05) is 16.7 Å². The summed E-state index contributed by atoms with van der Waals surface area (Å²) >= 11 is 0. The smallest absolute Gasteiger partial charge is 0.183 e. The summed E-state index contributed by atoms with van der Waals surface area (Å²) in [6.07, 6.45) is 0.659. The normalized spacial score (nSPS) is 14.0. The van der Waals surface area contributed by atoms with Crippen LogP contribution in [0.2, 0.25) is 19.6 Å². The van der Waals surface area contributed by atoms with Crippen molar-refractivity contribution in [2.24, 2.45) is 0 Å². The highest BCUT2D eigenvalue weighted by molar-refractivity contribution is 6.83. The third-order valence-corrected chi connectivity index (χ3v) is 6.25. The maximum atomic E-state index is 5.76. The van der Waals surface area contributed by atoms with E-state index in [0.29, 0.717) is 0 Å². The van der Waals surface area contributed by atoms with Crippen LogP contribution in [-0.4, -0.2) is 26.3 Å². The van der Waals surface area contributed by atoms with E-state index in [4.69, 9.17) is 14.5 Å². The van der Waals surface area contributed by atoms with E-state index in [-0.39, 0.29) is 6.29 Å². The molecule has 0 spiro atoms. The van der Waals surface area contributed by atoms with Crippen LogP contribution in [0.1, 0.15) is 47.7 Å². The highest BCUT2D eigenvalue weighted by Crippen LogP contribution is 2.28. The molecule has 2 aromatic carbocycles. The Bertz CT molecular complexity index is 1250. The van der Waals surface area contributed by atoms with Crippen molar-refractivity contribution < 1.29 is 9.47 Å². The lowest BCUT2D eigenvalue weighted by Gasteiger charge is -2.23. The Balaban J connectivity index is 1.74. The van der Waals surface area contributed by atoms with Crippen LogP contribution < -0.4 is 0 Å². The van der Waals surface area contributed by atoms with E-state index in [1.54, 1.807) is 0 Å². The molecule has 3 aromatic rings. The van der Waals surface area contributed by atoms with Crippen molar-refractivity contribution in [1.29, 1.82) is 0 Å². The Morgan fingerprint density at radius 3 is 2.21 bits per heavy atom. The van der Waals surface area contributed by atoms with E-state index < -0.39 is 8.07 Å². The molecule has 0 N–H and O–H groups in total. The number of pyridine rings is 1. The van der Waals surface area contributed by atoms with Crippen LogP contribution in [0.25, 0.3) is 11.1 Å². The molecule has 1 aromatic heterocycles. The SMILES string of the molecule is CC(=C=C(c1ccccc1)c1ccc(C2OCCCO2)cc1)c1cccc(C#C[Si](C)(C)C)n1. The Morgan fingerprint density at radius 2 is 1.53 bits per heavy atom. The van der Waals surface area contributed by atoms with Crippen molar-refractivity contribution >= 4 is 19.2 Å². The molecule has 0 bridgehead atoms. The summed E-state index contributed by atoms with van der Waals surface area (Å²) in [5.41, 5.74) is 13.9. The van der Waals surface area contributed by atoms with E-state index in [9.17, 15) is 0 Å². The van der Waals surface area contributed by atoms with Crippen molar-refractivity contribution in [3.8, 4) is 11.5 Å². The molecule has 0 amide bonds. The number of hydrogen-bond donors (Lipinski definition) is 0. The summed E-state index contributed by atoms with van der Waals surface area (Å²) in [7, 11) is -1.46. The minimum absolute atomic E-state index is 0.284. The highest BCUT2D eigenvalue weighted by atomic mass is 28.3. The lowest BCUT2D eigenvalue weighted by molar-refractivity contribution is -0.183. The summed E-state index contributed by atoms with van der Waals surface area (Å²) in [5.74, 6) is 3.26. The summed E-state index contributed by atoms with van der Waals surface area (Å²) in [4.78, 5) is 4.79. The number of rotatable bonds is 4. The molecule has 3 nitrogen and oxygen atoms in total. The molecule has 0 saturated carbocycles. The van der Waals surface area contributed by atoms with E-state index >= 15 is 0 Å². The second kappa shape index (κ2) is 10.8. The molecular formula is C30H31NO2Si. The molecule has 0 radical (unpaired) electrons. The highest BCUT2D eigenvalue weighted by Gasteiger charge is 2.17. The van der Waals surface area contributed by atoms with Crippen LogP contribution >= 0.6 is 0 Å². The predicted molar refractivity (Wildman–Crippen MR) is 142 cm³/mol. The first-order valence-electron chi connectivity index (χ1n) is 11.8. The van der Waals surface area contributed by atoms with Crippen LogP contribution in [-0.2, 0) is 9.47 Å². The first kappa shape index (κ1) is 23.9. The van der Waals surface area contributed by atoms with Crippen molar-refractivity contribution in [3.05, 3.63) is 107 Å². The van der Waals surface area contributed by atoms with Crippen molar-refractivity contribution in [2.45, 2.75) is 39.3 Å². The van der Waals surface area contributed by atoms with E-state index in [2.05, 4.69) is 92.3 Å². The Hall–Kier alpha value is -3.19. The van der Waals surface area contributed by atoms with Gasteiger partial charge in [-0.3, -0.25) is 0 Å². The molecule has 1 aliphatic heterocycles. The Labute approximate surface area is 204 Å². The van der Waals surface area contributed by atoms with Gasteiger partial charge in [-0.1, -0.05) is 86.2 Å². The van der Waals surface area contributed by atoms with Gasteiger partial charge in [0.15, 0.2) is 6.29 Å². The Kier molecular flexibility index (Phi) is 7.62. The molecule has 1 saturated heterocycles. The van der Waals surface area contributed by atoms with Gasteiger partial charge in [-0.15, -0.1) is 11.3 Å². The lowest BCUT2D eigenvalue weighted by atomic mass is 9.96. The quantitative estimate of drug-likeness (QED) is 0.239. The topological polar surface area (TPSA) is 31.4 Å². The Morgan fingerprint density at radius 1 is 0.853 bits per heavy atom. The van der Waals surface area contributed by atoms with Crippen LogP contribution in [0.15, 0.2) is 78.5 Å². The molecule has 0 unspecified atom stereocenters. The molecule has 0 aliphatic carbocycles. The zero-order valence-electron chi connectivity index (χ0n) is 20.4. The molecule has 4 rings (SSSR count). The molecule has 2 heterocycles. The van der Waals surface area contributed by atoms with Gasteiger partial charge in [0.2, 0.25) is 0 Å². The molecule has 34 heavy (non-hydrogen) atoms. The maximum Gasteiger partial charge on any atom is 0.183 e. The molecule has 172 valence electrons. The largest absolute Gasteiger partial charge is 0.348 e. The fourth-order valence-electron chi connectivity index (χ4n) is 3.62. The summed E-state index contributed by atoms with van der Waals surface area (Å²) in [6.45, 7) is 10.2. The third-order valence-electron chi connectivity index (χ3n) is 5.37. The third kappa shape index (κ3) is 6.44. The second-order valence-corrected chi connectivity index (χ2v) is 14.2. The van der Waals surface area contributed by atoms with Crippen LogP contribution in [0.4, 0.5) is 0 Å². The monoisotopic (exact) mass is 465 g/mol. The molecule has 0 atom stereocenters. The number of aromatic nitrogens is 1. The van der Waals surface area contributed by atoms with Gasteiger partial charge in [0.25, 0.3) is 0 Å². The minimum atomic E-state index is -1.46. The lowest BCUT2D eigenvalue weighted by Crippen LogP contribution is -2.17. The number of ether oxygens (including phenoxy) is 2. The molecule has 1 fully saturated rings. The van der Waals surface area contributed by atoms with Gasteiger partial charge in [-0.2, -0.15) is 0 Å². The molecule has 1 aliphatic rings.